The average Bonchev–Trinajstić information content (AvgIpc) is 2.62. The summed E-state index contributed by atoms with van der Waals surface area (Å²) >= 11 is 0. The molecular formula is C21H33NO. The zero-order chi connectivity index (χ0) is 16.1. The molecule has 23 heavy (non-hydrogen) atoms. The Balaban J connectivity index is 1.38. The van der Waals surface area contributed by atoms with Crippen LogP contribution < -0.4 is 4.74 Å². The van der Waals surface area contributed by atoms with Crippen LogP contribution in [-0.2, 0) is 0 Å². The summed E-state index contributed by atoms with van der Waals surface area (Å²) in [5.74, 6) is 4.74. The van der Waals surface area contributed by atoms with Crippen LogP contribution in [0.5, 0.6) is 5.75 Å². The van der Waals surface area contributed by atoms with Gasteiger partial charge in [-0.2, -0.15) is 0 Å². The van der Waals surface area contributed by atoms with Crippen molar-refractivity contribution in [1.29, 1.82) is 0 Å². The van der Waals surface area contributed by atoms with Gasteiger partial charge in [0.1, 0.15) is 5.75 Å². The molecule has 0 bridgehead atoms. The molecule has 2 heteroatoms. The van der Waals surface area contributed by atoms with Gasteiger partial charge in [0.05, 0.1) is 12.8 Å². The third-order valence-electron chi connectivity index (χ3n) is 6.40. The molecule has 0 unspecified atom stereocenters. The van der Waals surface area contributed by atoms with E-state index in [4.69, 9.17) is 4.74 Å². The van der Waals surface area contributed by atoms with Gasteiger partial charge in [0.2, 0.25) is 0 Å². The van der Waals surface area contributed by atoms with E-state index in [-0.39, 0.29) is 0 Å². The molecule has 2 nitrogen and oxygen atoms in total. The second-order valence-corrected chi connectivity index (χ2v) is 7.92. The Kier molecular flexibility index (Phi) is 5.96. The average molecular weight is 316 g/mol. The number of nitrogens with zero attached hydrogens (tertiary/aromatic N) is 1. The molecular weight excluding hydrogens is 282 g/mol. The molecule has 0 saturated heterocycles. The SMILES string of the molecule is CC[C@H]1CC[C@H]([C@H]2CC[C@H](COc3ccc(C)nc3)CC2)CC1. The molecule has 0 aromatic carbocycles. The largest absolute Gasteiger partial charge is 0.492 e. The maximum absolute atomic E-state index is 5.95. The van der Waals surface area contributed by atoms with E-state index in [0.29, 0.717) is 0 Å². The normalized spacial score (nSPS) is 31.7. The van der Waals surface area contributed by atoms with Crippen molar-refractivity contribution in [2.75, 3.05) is 6.61 Å². The summed E-state index contributed by atoms with van der Waals surface area (Å²) < 4.78 is 5.95. The number of aromatic nitrogens is 1. The molecule has 0 N–H and O–H groups in total. The van der Waals surface area contributed by atoms with Crippen molar-refractivity contribution in [1.82, 2.24) is 4.98 Å². The van der Waals surface area contributed by atoms with Crippen LogP contribution in [0.3, 0.4) is 0 Å². The highest BCUT2D eigenvalue weighted by Gasteiger charge is 2.30. The molecule has 1 aromatic heterocycles. The van der Waals surface area contributed by atoms with Crippen LogP contribution in [0.1, 0.15) is 70.4 Å². The first-order valence-corrected chi connectivity index (χ1v) is 9.80. The Morgan fingerprint density at radius 3 is 2.04 bits per heavy atom. The van der Waals surface area contributed by atoms with Crippen molar-refractivity contribution in [2.24, 2.45) is 23.7 Å². The van der Waals surface area contributed by atoms with Gasteiger partial charge in [0.15, 0.2) is 0 Å². The predicted molar refractivity (Wildman–Crippen MR) is 95.7 cm³/mol. The summed E-state index contributed by atoms with van der Waals surface area (Å²) in [5, 5.41) is 0. The van der Waals surface area contributed by atoms with Crippen LogP contribution in [0.15, 0.2) is 18.3 Å². The van der Waals surface area contributed by atoms with E-state index in [1.54, 1.807) is 0 Å². The minimum Gasteiger partial charge on any atom is -0.492 e. The second-order valence-electron chi connectivity index (χ2n) is 7.92. The Morgan fingerprint density at radius 1 is 0.913 bits per heavy atom. The highest BCUT2D eigenvalue weighted by atomic mass is 16.5. The smallest absolute Gasteiger partial charge is 0.137 e. The third-order valence-corrected chi connectivity index (χ3v) is 6.40. The summed E-state index contributed by atoms with van der Waals surface area (Å²) in [7, 11) is 0. The standard InChI is InChI=1S/C21H33NO/c1-3-17-5-9-19(10-6-17)20-11-7-18(8-12-20)15-23-21-13-4-16(2)22-14-21/h4,13-14,17-20H,3,5-12,15H2,1-2H3/t17-,18-,19-,20-. The van der Waals surface area contributed by atoms with Gasteiger partial charge in [-0.05, 0) is 81.3 Å². The molecule has 2 aliphatic rings. The van der Waals surface area contributed by atoms with Gasteiger partial charge in [-0.1, -0.05) is 26.2 Å². The molecule has 0 atom stereocenters. The molecule has 1 aromatic rings. The molecule has 2 aliphatic carbocycles. The number of aryl methyl sites for hydroxylation is 1. The Labute approximate surface area is 142 Å². The van der Waals surface area contributed by atoms with E-state index in [1.807, 2.05) is 25.3 Å². The third kappa shape index (κ3) is 4.71. The number of hydrogen-bond acceptors (Lipinski definition) is 2. The maximum Gasteiger partial charge on any atom is 0.137 e. The van der Waals surface area contributed by atoms with Gasteiger partial charge in [-0.3, -0.25) is 4.98 Å². The number of pyridine rings is 1. The lowest BCUT2D eigenvalue weighted by molar-refractivity contribution is 0.123. The van der Waals surface area contributed by atoms with Crippen LogP contribution in [0.25, 0.3) is 0 Å². The topological polar surface area (TPSA) is 22.1 Å². The molecule has 1 heterocycles. The number of hydrogen-bond donors (Lipinski definition) is 0. The first-order chi connectivity index (χ1) is 11.2. The monoisotopic (exact) mass is 315 g/mol. The molecule has 2 fully saturated rings. The Bertz CT molecular complexity index is 453. The molecule has 2 saturated carbocycles. The van der Waals surface area contributed by atoms with E-state index < -0.39 is 0 Å². The van der Waals surface area contributed by atoms with Crippen LogP contribution in [-0.4, -0.2) is 11.6 Å². The lowest BCUT2D eigenvalue weighted by Crippen LogP contribution is -2.27. The lowest BCUT2D eigenvalue weighted by Gasteiger charge is -2.37. The van der Waals surface area contributed by atoms with E-state index in [9.17, 15) is 0 Å². The second kappa shape index (κ2) is 8.17. The molecule has 0 radical (unpaired) electrons. The summed E-state index contributed by atoms with van der Waals surface area (Å²) in [4.78, 5) is 4.30. The molecule has 0 aliphatic heterocycles. The van der Waals surface area contributed by atoms with Crippen molar-refractivity contribution in [3.63, 3.8) is 0 Å². The summed E-state index contributed by atoms with van der Waals surface area (Å²) in [5.41, 5.74) is 1.05. The van der Waals surface area contributed by atoms with E-state index in [1.165, 1.54) is 57.8 Å². The zero-order valence-electron chi connectivity index (χ0n) is 15.0. The van der Waals surface area contributed by atoms with Gasteiger partial charge in [-0.15, -0.1) is 0 Å². The summed E-state index contributed by atoms with van der Waals surface area (Å²) in [6, 6.07) is 4.07. The van der Waals surface area contributed by atoms with Crippen molar-refractivity contribution in [3.05, 3.63) is 24.0 Å². The van der Waals surface area contributed by atoms with Crippen LogP contribution in [0.4, 0.5) is 0 Å². The van der Waals surface area contributed by atoms with Gasteiger partial charge >= 0.3 is 0 Å². The number of rotatable bonds is 5. The van der Waals surface area contributed by atoms with Gasteiger partial charge in [0, 0.05) is 5.69 Å². The molecule has 0 spiro atoms. The zero-order valence-corrected chi connectivity index (χ0v) is 15.0. The minimum atomic E-state index is 0.750. The van der Waals surface area contributed by atoms with E-state index in [0.717, 1.165) is 41.7 Å². The quantitative estimate of drug-likeness (QED) is 0.686. The highest BCUT2D eigenvalue weighted by Crippen LogP contribution is 2.41. The molecule has 128 valence electrons. The first-order valence-electron chi connectivity index (χ1n) is 9.80. The molecule has 0 amide bonds. The summed E-state index contributed by atoms with van der Waals surface area (Å²) in [6.45, 7) is 5.25. The van der Waals surface area contributed by atoms with Crippen molar-refractivity contribution in [3.8, 4) is 5.75 Å². The van der Waals surface area contributed by atoms with Crippen LogP contribution in [0, 0.1) is 30.6 Å². The van der Waals surface area contributed by atoms with E-state index >= 15 is 0 Å². The first kappa shape index (κ1) is 16.8. The lowest BCUT2D eigenvalue weighted by atomic mass is 9.69. The van der Waals surface area contributed by atoms with Crippen molar-refractivity contribution >= 4 is 0 Å². The van der Waals surface area contributed by atoms with Crippen LogP contribution in [0.2, 0.25) is 0 Å². The predicted octanol–water partition coefficient (Wildman–Crippen LogP) is 5.79. The van der Waals surface area contributed by atoms with Crippen molar-refractivity contribution < 1.29 is 4.74 Å². The minimum absolute atomic E-state index is 0.750. The highest BCUT2D eigenvalue weighted by molar-refractivity contribution is 5.19. The van der Waals surface area contributed by atoms with Gasteiger partial charge < -0.3 is 4.74 Å². The van der Waals surface area contributed by atoms with Crippen molar-refractivity contribution in [2.45, 2.75) is 71.6 Å². The fraction of sp³-hybridized carbons (Fsp3) is 0.762. The Morgan fingerprint density at radius 2 is 1.52 bits per heavy atom. The fourth-order valence-corrected chi connectivity index (χ4v) is 4.65. The molecule has 3 rings (SSSR count). The van der Waals surface area contributed by atoms with Crippen LogP contribution >= 0.6 is 0 Å². The number of ether oxygens (including phenoxy) is 1. The van der Waals surface area contributed by atoms with Gasteiger partial charge in [-0.25, -0.2) is 0 Å². The fourth-order valence-electron chi connectivity index (χ4n) is 4.65. The Hall–Kier alpha value is -1.05. The summed E-state index contributed by atoms with van der Waals surface area (Å²) in [6.07, 6.45) is 14.8. The maximum atomic E-state index is 5.95. The van der Waals surface area contributed by atoms with E-state index in [2.05, 4.69) is 11.9 Å². The van der Waals surface area contributed by atoms with Gasteiger partial charge in [0.25, 0.3) is 0 Å².